The number of halogens is 6. The molecule has 0 saturated heterocycles. The van der Waals surface area contributed by atoms with Crippen LogP contribution in [0.3, 0.4) is 0 Å². The van der Waals surface area contributed by atoms with Crippen molar-refractivity contribution in [2.75, 3.05) is 6.67 Å². The smallest absolute Gasteiger partial charge is 0.251 e. The van der Waals surface area contributed by atoms with Gasteiger partial charge in [0.15, 0.2) is 0 Å². The summed E-state index contributed by atoms with van der Waals surface area (Å²) in [6, 6.07) is 2.06. The van der Waals surface area contributed by atoms with Crippen molar-refractivity contribution in [1.29, 1.82) is 0 Å². The zero-order chi connectivity index (χ0) is 17.0. The van der Waals surface area contributed by atoms with Crippen LogP contribution in [0.5, 0.6) is 0 Å². The van der Waals surface area contributed by atoms with Crippen LogP contribution in [0.15, 0.2) is 12.1 Å². The van der Waals surface area contributed by atoms with E-state index in [-0.39, 0.29) is 12.6 Å². The Balaban J connectivity index is 2.02. The monoisotopic (exact) mass is 398 g/mol. The highest BCUT2D eigenvalue weighted by molar-refractivity contribution is 9.09. The van der Waals surface area contributed by atoms with Gasteiger partial charge in [-0.15, -0.1) is 0 Å². The van der Waals surface area contributed by atoms with Gasteiger partial charge in [0.2, 0.25) is 0 Å². The van der Waals surface area contributed by atoms with Crippen molar-refractivity contribution < 1.29 is 22.0 Å². The highest BCUT2D eigenvalue weighted by Gasteiger charge is 2.35. The fourth-order valence-corrected chi connectivity index (χ4v) is 3.79. The van der Waals surface area contributed by atoms with Gasteiger partial charge in [0, 0.05) is 0 Å². The largest absolute Gasteiger partial charge is 0.332 e. The van der Waals surface area contributed by atoms with Crippen LogP contribution in [0.4, 0.5) is 22.0 Å². The molecule has 1 aliphatic carbocycles. The van der Waals surface area contributed by atoms with Crippen molar-refractivity contribution in [2.45, 2.75) is 55.7 Å². The van der Waals surface area contributed by atoms with Gasteiger partial charge in [-0.3, -0.25) is 4.39 Å². The molecule has 0 spiro atoms. The van der Waals surface area contributed by atoms with Crippen LogP contribution in [0.1, 0.15) is 62.0 Å². The highest BCUT2D eigenvalue weighted by atomic mass is 79.9. The Morgan fingerprint density at radius 2 is 1.57 bits per heavy atom. The van der Waals surface area contributed by atoms with Crippen LogP contribution in [0, 0.1) is 17.6 Å². The fourth-order valence-electron chi connectivity index (χ4n) is 3.41. The van der Waals surface area contributed by atoms with Gasteiger partial charge in [-0.05, 0) is 77.6 Å². The molecule has 0 nitrogen and oxygen atoms in total. The molecule has 0 aromatic heterocycles. The predicted octanol–water partition coefficient (Wildman–Crippen LogP) is 6.82. The van der Waals surface area contributed by atoms with Gasteiger partial charge in [0.1, 0.15) is 17.2 Å². The molecule has 2 rings (SSSR count). The van der Waals surface area contributed by atoms with Crippen LogP contribution >= 0.6 is 15.9 Å². The molecule has 130 valence electrons. The van der Waals surface area contributed by atoms with E-state index in [4.69, 9.17) is 0 Å². The molecule has 1 aromatic rings. The molecule has 6 heteroatoms. The average Bonchev–Trinajstić information content (AvgIpc) is 2.46. The summed E-state index contributed by atoms with van der Waals surface area (Å²) in [5.41, 5.74) is -0.788. The Labute approximate surface area is 141 Å². The number of benzene rings is 1. The molecule has 0 aliphatic heterocycles. The van der Waals surface area contributed by atoms with Crippen LogP contribution in [-0.2, 0) is 4.83 Å². The molecule has 0 atom stereocenters. The molecule has 1 fully saturated rings. The summed E-state index contributed by atoms with van der Waals surface area (Å²) in [4.78, 5) is -3.71. The van der Waals surface area contributed by atoms with E-state index in [1.54, 1.807) is 0 Å². The van der Waals surface area contributed by atoms with E-state index in [2.05, 4.69) is 0 Å². The van der Waals surface area contributed by atoms with Gasteiger partial charge in [-0.25, -0.2) is 8.78 Å². The molecule has 1 aliphatic rings. The molecule has 23 heavy (non-hydrogen) atoms. The summed E-state index contributed by atoms with van der Waals surface area (Å²) in [5.74, 6) is -1.91. The van der Waals surface area contributed by atoms with Crippen molar-refractivity contribution in [2.24, 2.45) is 5.92 Å². The summed E-state index contributed by atoms with van der Waals surface area (Å²) in [7, 11) is 0. The maximum Gasteiger partial charge on any atom is 0.332 e. The molecule has 0 amide bonds. The second kappa shape index (κ2) is 7.95. The summed E-state index contributed by atoms with van der Waals surface area (Å²) in [5, 5.41) is 0. The Bertz CT molecular complexity index is 495. The van der Waals surface area contributed by atoms with Gasteiger partial charge < -0.3 is 0 Å². The molecule has 0 N–H and O–H groups in total. The topological polar surface area (TPSA) is 0 Å². The Morgan fingerprint density at radius 1 is 1.00 bits per heavy atom. The molecule has 0 radical (unpaired) electrons. The zero-order valence-corrected chi connectivity index (χ0v) is 14.3. The lowest BCUT2D eigenvalue weighted by atomic mass is 9.77. The van der Waals surface area contributed by atoms with Crippen molar-refractivity contribution in [3.05, 3.63) is 34.9 Å². The second-order valence-corrected chi connectivity index (χ2v) is 7.26. The van der Waals surface area contributed by atoms with Crippen molar-refractivity contribution in [1.82, 2.24) is 0 Å². The molecule has 0 heterocycles. The molecular formula is C17H20BrF5. The van der Waals surface area contributed by atoms with Crippen LogP contribution in [-0.4, -0.2) is 6.67 Å². The maximum absolute atomic E-state index is 13.9. The first-order chi connectivity index (χ1) is 10.8. The minimum absolute atomic E-state index is 0.00516. The Hall–Kier alpha value is -0.650. The number of alkyl halides is 4. The van der Waals surface area contributed by atoms with Crippen molar-refractivity contribution in [3.63, 3.8) is 0 Å². The Morgan fingerprint density at radius 3 is 2.04 bits per heavy atom. The van der Waals surface area contributed by atoms with Gasteiger partial charge in [-0.2, -0.15) is 8.78 Å². The SMILES string of the molecule is FCCCCC1CCC(c2cc(F)c(C(F)(F)Br)c(F)c2)CC1. The maximum atomic E-state index is 13.9. The van der Waals surface area contributed by atoms with E-state index in [0.29, 0.717) is 17.9 Å². The predicted molar refractivity (Wildman–Crippen MR) is 83.7 cm³/mol. The number of hydrogen-bond donors (Lipinski definition) is 0. The van der Waals surface area contributed by atoms with Gasteiger partial charge in [-0.1, -0.05) is 12.8 Å². The summed E-state index contributed by atoms with van der Waals surface area (Å²) in [6.45, 7) is -0.293. The van der Waals surface area contributed by atoms with E-state index in [9.17, 15) is 22.0 Å². The third-order valence-electron chi connectivity index (χ3n) is 4.66. The third-order valence-corrected chi connectivity index (χ3v) is 5.06. The van der Waals surface area contributed by atoms with Crippen LogP contribution < -0.4 is 0 Å². The van der Waals surface area contributed by atoms with Crippen LogP contribution in [0.2, 0.25) is 0 Å². The molecule has 1 saturated carbocycles. The van der Waals surface area contributed by atoms with E-state index in [0.717, 1.165) is 50.7 Å². The zero-order valence-electron chi connectivity index (χ0n) is 12.7. The lowest BCUT2D eigenvalue weighted by Gasteiger charge is -2.29. The van der Waals surface area contributed by atoms with Gasteiger partial charge in [0.25, 0.3) is 0 Å². The number of rotatable bonds is 6. The molecule has 0 bridgehead atoms. The minimum Gasteiger partial charge on any atom is -0.251 e. The van der Waals surface area contributed by atoms with E-state index in [1.165, 1.54) is 0 Å². The lowest BCUT2D eigenvalue weighted by Crippen LogP contribution is -2.15. The second-order valence-electron chi connectivity index (χ2n) is 6.26. The number of unbranched alkanes of at least 4 members (excludes halogenated alkanes) is 1. The van der Waals surface area contributed by atoms with E-state index in [1.807, 2.05) is 15.9 Å². The number of hydrogen-bond acceptors (Lipinski definition) is 0. The normalized spacial score (nSPS) is 22.3. The lowest BCUT2D eigenvalue weighted by molar-refractivity contribution is 0.105. The highest BCUT2D eigenvalue weighted by Crippen LogP contribution is 2.42. The van der Waals surface area contributed by atoms with E-state index >= 15 is 0 Å². The van der Waals surface area contributed by atoms with Gasteiger partial charge >= 0.3 is 4.83 Å². The first-order valence-electron chi connectivity index (χ1n) is 7.95. The summed E-state index contributed by atoms with van der Waals surface area (Å²) < 4.78 is 66.1. The summed E-state index contributed by atoms with van der Waals surface area (Å²) >= 11 is 2.01. The van der Waals surface area contributed by atoms with E-state index < -0.39 is 22.0 Å². The van der Waals surface area contributed by atoms with Crippen LogP contribution in [0.25, 0.3) is 0 Å². The standard InChI is InChI=1S/C17H20BrF5/c18-17(22,23)16-14(20)9-13(10-15(16)21)12-6-4-11(5-7-12)3-1-2-8-19/h9-12H,1-8H2. The average molecular weight is 399 g/mol. The first-order valence-corrected chi connectivity index (χ1v) is 8.74. The molecular weight excluding hydrogens is 379 g/mol. The van der Waals surface area contributed by atoms with Crippen molar-refractivity contribution in [3.8, 4) is 0 Å². The van der Waals surface area contributed by atoms with Crippen molar-refractivity contribution >= 4 is 15.9 Å². The quantitative estimate of drug-likeness (QED) is 0.280. The van der Waals surface area contributed by atoms with Gasteiger partial charge in [0.05, 0.1) is 6.67 Å². The first kappa shape index (κ1) is 18.7. The molecule has 0 unspecified atom stereocenters. The minimum atomic E-state index is -3.71. The third kappa shape index (κ3) is 4.91. The summed E-state index contributed by atoms with van der Waals surface area (Å²) in [6.07, 6.45) is 5.84. The fraction of sp³-hybridized carbons (Fsp3) is 0.647. The molecule has 1 aromatic carbocycles. The Kier molecular flexibility index (Phi) is 6.46.